The van der Waals surface area contributed by atoms with Gasteiger partial charge < -0.3 is 33.8 Å². The van der Waals surface area contributed by atoms with Crippen LogP contribution in [0.2, 0.25) is 0 Å². The molecule has 90 heavy (non-hydrogen) atoms. The summed E-state index contributed by atoms with van der Waals surface area (Å²) >= 11 is 0. The van der Waals surface area contributed by atoms with E-state index in [-0.39, 0.29) is 25.7 Å². The predicted octanol–water partition coefficient (Wildman–Crippen LogP) is 20.4. The van der Waals surface area contributed by atoms with Crippen LogP contribution < -0.4 is 0 Å². The van der Waals surface area contributed by atoms with Gasteiger partial charge in [-0.25, -0.2) is 9.13 Å². The standard InChI is InChI=1S/C71H138O17P2/c1-7-9-11-13-15-17-19-20-21-22-23-24-26-28-37-43-49-55-70(75)87-66(60-82-69(74)54-48-42-36-31-29-33-39-45-51-63(3)4)61-85-89(77,78)83-57-65(72)58-84-90(79,80)86-62-67(88-71(76)56-50-44-38-32-30-34-40-46-52-64(5)6)59-81-68(73)53-47-41-35-27-25-18-16-14-12-10-8-2/h63-67,72H,7-62H2,1-6H3,(H,77,78)(H,79,80)/t65-,66-,67-/m1/s1. The number of unbranched alkanes of at least 4 members (excludes halogenated alkanes) is 40. The highest BCUT2D eigenvalue weighted by molar-refractivity contribution is 7.47. The molecule has 0 aromatic rings. The molecule has 17 nitrogen and oxygen atoms in total. The van der Waals surface area contributed by atoms with Gasteiger partial charge >= 0.3 is 39.5 Å². The fraction of sp³-hybridized carbons (Fsp3) is 0.944. The number of aliphatic hydroxyl groups excluding tert-OH is 1. The van der Waals surface area contributed by atoms with Crippen molar-refractivity contribution in [3.05, 3.63) is 0 Å². The first kappa shape index (κ1) is 88.1. The van der Waals surface area contributed by atoms with Gasteiger partial charge in [-0.05, 0) is 37.5 Å². The van der Waals surface area contributed by atoms with Crippen molar-refractivity contribution in [3.8, 4) is 0 Å². The van der Waals surface area contributed by atoms with E-state index in [2.05, 4.69) is 41.5 Å². The van der Waals surface area contributed by atoms with Crippen LogP contribution in [0.5, 0.6) is 0 Å². The van der Waals surface area contributed by atoms with Crippen molar-refractivity contribution in [2.75, 3.05) is 39.6 Å². The summed E-state index contributed by atoms with van der Waals surface area (Å²) in [6.45, 7) is 9.48. The van der Waals surface area contributed by atoms with Crippen LogP contribution in [0.15, 0.2) is 0 Å². The highest BCUT2D eigenvalue weighted by Crippen LogP contribution is 2.45. The normalized spacial score (nSPS) is 14.1. The average Bonchev–Trinajstić information content (AvgIpc) is 3.32. The Morgan fingerprint density at radius 1 is 0.300 bits per heavy atom. The Bertz CT molecular complexity index is 1750. The summed E-state index contributed by atoms with van der Waals surface area (Å²) in [5, 5.41) is 10.6. The summed E-state index contributed by atoms with van der Waals surface area (Å²) < 4.78 is 68.3. The Kier molecular flexibility index (Phi) is 61.8. The van der Waals surface area contributed by atoms with Crippen molar-refractivity contribution in [1.82, 2.24) is 0 Å². The second kappa shape index (κ2) is 63.1. The van der Waals surface area contributed by atoms with Gasteiger partial charge in [0.25, 0.3) is 0 Å². The number of carbonyl (C=O) groups excluding carboxylic acids is 4. The number of phosphoric acid groups is 2. The minimum Gasteiger partial charge on any atom is -0.462 e. The lowest BCUT2D eigenvalue weighted by molar-refractivity contribution is -0.161. The van der Waals surface area contributed by atoms with E-state index in [9.17, 15) is 43.2 Å². The fourth-order valence-corrected chi connectivity index (χ4v) is 12.3. The Balaban J connectivity index is 5.23. The summed E-state index contributed by atoms with van der Waals surface area (Å²) in [7, 11) is -9.90. The van der Waals surface area contributed by atoms with E-state index in [4.69, 9.17) is 37.0 Å². The van der Waals surface area contributed by atoms with Crippen molar-refractivity contribution >= 4 is 39.5 Å². The van der Waals surface area contributed by atoms with E-state index in [1.807, 2.05) is 0 Å². The number of aliphatic hydroxyl groups is 1. The topological polar surface area (TPSA) is 237 Å². The molecule has 0 aliphatic rings. The van der Waals surface area contributed by atoms with Gasteiger partial charge in [0.1, 0.15) is 19.3 Å². The molecule has 0 fully saturated rings. The first-order valence-electron chi connectivity index (χ1n) is 37.0. The van der Waals surface area contributed by atoms with Crippen LogP contribution in [0.4, 0.5) is 0 Å². The summed E-state index contributed by atoms with van der Waals surface area (Å²) in [6, 6.07) is 0. The lowest BCUT2D eigenvalue weighted by Gasteiger charge is -2.21. The molecule has 534 valence electrons. The number of rotatable bonds is 70. The van der Waals surface area contributed by atoms with Crippen molar-refractivity contribution in [2.45, 2.75) is 381 Å². The van der Waals surface area contributed by atoms with Crippen LogP contribution in [-0.4, -0.2) is 96.7 Å². The molecule has 0 aromatic carbocycles. The summed E-state index contributed by atoms with van der Waals surface area (Å²) in [6.07, 6.45) is 48.6. The molecule has 5 atom stereocenters. The first-order chi connectivity index (χ1) is 43.4. The van der Waals surface area contributed by atoms with Crippen LogP contribution in [0.1, 0.15) is 363 Å². The highest BCUT2D eigenvalue weighted by atomic mass is 31.2. The molecule has 0 rings (SSSR count). The third-order valence-corrected chi connectivity index (χ3v) is 18.4. The number of ether oxygens (including phenoxy) is 4. The van der Waals surface area contributed by atoms with Crippen LogP contribution in [0, 0.1) is 11.8 Å². The molecule has 3 N–H and O–H groups in total. The van der Waals surface area contributed by atoms with Gasteiger partial charge in [-0.3, -0.25) is 37.3 Å². The zero-order chi connectivity index (χ0) is 66.5. The van der Waals surface area contributed by atoms with Gasteiger partial charge in [-0.15, -0.1) is 0 Å². The molecule has 2 unspecified atom stereocenters. The summed E-state index contributed by atoms with van der Waals surface area (Å²) in [5.41, 5.74) is 0. The molecule has 0 saturated carbocycles. The second-order valence-electron chi connectivity index (χ2n) is 26.6. The van der Waals surface area contributed by atoms with Gasteiger partial charge in [0, 0.05) is 25.7 Å². The SMILES string of the molecule is CCCCCCCCCCCCCCCCCCCC(=O)O[C@H](COC(=O)CCCCCCCCCCC(C)C)COP(=O)(O)OC[C@@H](O)COP(=O)(O)OC[C@@H](COC(=O)CCCCCCCCCCCCC)OC(=O)CCCCCCCCCCC(C)C. The number of hydrogen-bond donors (Lipinski definition) is 3. The molecule has 0 radical (unpaired) electrons. The average molecular weight is 1330 g/mol. The first-order valence-corrected chi connectivity index (χ1v) is 40.0. The summed E-state index contributed by atoms with van der Waals surface area (Å²) in [5.74, 6) is -0.679. The van der Waals surface area contributed by atoms with Crippen molar-refractivity contribution in [2.24, 2.45) is 11.8 Å². The van der Waals surface area contributed by atoms with E-state index in [0.29, 0.717) is 25.7 Å². The van der Waals surface area contributed by atoms with Gasteiger partial charge in [0.2, 0.25) is 0 Å². The summed E-state index contributed by atoms with van der Waals surface area (Å²) in [4.78, 5) is 72.6. The number of carbonyl (C=O) groups is 4. The molecule has 0 aromatic heterocycles. The van der Waals surface area contributed by atoms with Gasteiger partial charge in [0.15, 0.2) is 12.2 Å². The third-order valence-electron chi connectivity index (χ3n) is 16.5. The molecule has 0 aliphatic heterocycles. The molecular formula is C71H138O17P2. The van der Waals surface area contributed by atoms with Crippen molar-refractivity contribution < 1.29 is 80.2 Å². The molecular weight excluding hydrogens is 1190 g/mol. The maximum Gasteiger partial charge on any atom is 0.472 e. The third kappa shape index (κ3) is 64.8. The maximum atomic E-state index is 13.0. The van der Waals surface area contributed by atoms with Crippen LogP contribution in [0.25, 0.3) is 0 Å². The molecule has 0 aliphatic carbocycles. The van der Waals surface area contributed by atoms with Crippen LogP contribution in [0.3, 0.4) is 0 Å². The lowest BCUT2D eigenvalue weighted by Crippen LogP contribution is -2.30. The Labute approximate surface area is 549 Å². The maximum absolute atomic E-state index is 13.0. The minimum absolute atomic E-state index is 0.105. The molecule has 0 heterocycles. The monoisotopic (exact) mass is 1320 g/mol. The number of phosphoric ester groups is 2. The second-order valence-corrected chi connectivity index (χ2v) is 29.5. The smallest absolute Gasteiger partial charge is 0.462 e. The quantitative estimate of drug-likeness (QED) is 0.0222. The Morgan fingerprint density at radius 3 is 0.756 bits per heavy atom. The zero-order valence-electron chi connectivity index (χ0n) is 58.4. The van der Waals surface area contributed by atoms with Gasteiger partial charge in [-0.2, -0.15) is 0 Å². The van der Waals surface area contributed by atoms with E-state index in [0.717, 1.165) is 102 Å². The lowest BCUT2D eigenvalue weighted by atomic mass is 10.0. The van der Waals surface area contributed by atoms with E-state index in [1.165, 1.54) is 180 Å². The fourth-order valence-electron chi connectivity index (χ4n) is 10.8. The Morgan fingerprint density at radius 2 is 0.511 bits per heavy atom. The number of hydrogen-bond acceptors (Lipinski definition) is 15. The van der Waals surface area contributed by atoms with Crippen molar-refractivity contribution in [3.63, 3.8) is 0 Å². The number of esters is 4. The molecule has 0 spiro atoms. The largest absolute Gasteiger partial charge is 0.472 e. The molecule has 0 amide bonds. The molecule has 0 saturated heterocycles. The minimum atomic E-state index is -4.95. The van der Waals surface area contributed by atoms with Crippen molar-refractivity contribution in [1.29, 1.82) is 0 Å². The molecule has 19 heteroatoms. The zero-order valence-corrected chi connectivity index (χ0v) is 60.2. The predicted molar refractivity (Wildman–Crippen MR) is 363 cm³/mol. The Hall–Kier alpha value is -1.94. The van der Waals surface area contributed by atoms with Crippen LogP contribution in [-0.2, 0) is 65.4 Å². The van der Waals surface area contributed by atoms with E-state index >= 15 is 0 Å². The highest BCUT2D eigenvalue weighted by Gasteiger charge is 2.30. The molecule has 0 bridgehead atoms. The van der Waals surface area contributed by atoms with E-state index < -0.39 is 97.5 Å². The van der Waals surface area contributed by atoms with Crippen LogP contribution >= 0.6 is 15.6 Å². The van der Waals surface area contributed by atoms with Gasteiger partial charge in [-0.1, -0.05) is 311 Å². The van der Waals surface area contributed by atoms with Gasteiger partial charge in [0.05, 0.1) is 26.4 Å². The van der Waals surface area contributed by atoms with E-state index in [1.54, 1.807) is 0 Å².